The Kier molecular flexibility index (Phi) is 3.13. The van der Waals surface area contributed by atoms with Crippen molar-refractivity contribution in [1.82, 2.24) is 14.7 Å². The molecule has 0 aliphatic carbocycles. The molecule has 1 fully saturated rings. The van der Waals surface area contributed by atoms with Crippen LogP contribution in [0.1, 0.15) is 13.8 Å². The summed E-state index contributed by atoms with van der Waals surface area (Å²) in [6.45, 7) is 4.27. The van der Waals surface area contributed by atoms with Crippen molar-refractivity contribution in [3.05, 3.63) is 40.9 Å². The van der Waals surface area contributed by atoms with Crippen molar-refractivity contribution in [2.24, 2.45) is 0 Å². The van der Waals surface area contributed by atoms with Crippen molar-refractivity contribution >= 4 is 6.03 Å². The Hall–Kier alpha value is -2.41. The van der Waals surface area contributed by atoms with E-state index in [4.69, 9.17) is 9.15 Å². The van der Waals surface area contributed by atoms with Crippen LogP contribution in [0.15, 0.2) is 39.5 Å². The van der Waals surface area contributed by atoms with Crippen LogP contribution in [0.25, 0.3) is 11.5 Å². The molecule has 110 valence electrons. The number of hydrogen-bond donors (Lipinski definition) is 0. The van der Waals surface area contributed by atoms with Gasteiger partial charge in [-0.1, -0.05) is 18.2 Å². The molecule has 0 atom stereocenters. The lowest BCUT2D eigenvalue weighted by molar-refractivity contribution is 0.137. The number of rotatable bonds is 1. The topological polar surface area (TPSA) is 77.6 Å². The van der Waals surface area contributed by atoms with Crippen LogP contribution in [0.3, 0.4) is 0 Å². The first kappa shape index (κ1) is 13.6. The standard InChI is InChI=1S/C14H15N3O4/c1-14(2)8-20-9-16(14)12(18)17-13(19)21-11(15-17)10-6-4-3-5-7-10/h3-7H,8-9H2,1-2H3. The van der Waals surface area contributed by atoms with E-state index in [0.29, 0.717) is 12.2 Å². The third-order valence-corrected chi connectivity index (χ3v) is 3.39. The zero-order valence-corrected chi connectivity index (χ0v) is 11.8. The number of aromatic nitrogens is 2. The maximum Gasteiger partial charge on any atom is 0.446 e. The molecule has 1 aliphatic rings. The van der Waals surface area contributed by atoms with Gasteiger partial charge in [0.05, 0.1) is 12.1 Å². The van der Waals surface area contributed by atoms with Gasteiger partial charge in [0.25, 0.3) is 0 Å². The molecule has 0 radical (unpaired) electrons. The molecule has 2 heterocycles. The summed E-state index contributed by atoms with van der Waals surface area (Å²) in [5, 5.41) is 3.98. The van der Waals surface area contributed by atoms with Gasteiger partial charge >= 0.3 is 11.8 Å². The lowest BCUT2D eigenvalue weighted by Gasteiger charge is -2.27. The van der Waals surface area contributed by atoms with Crippen molar-refractivity contribution in [3.8, 4) is 11.5 Å². The van der Waals surface area contributed by atoms with E-state index in [1.54, 1.807) is 24.3 Å². The molecule has 1 saturated heterocycles. The zero-order chi connectivity index (χ0) is 15.0. The first-order valence-corrected chi connectivity index (χ1v) is 6.54. The number of carbonyl (C=O) groups is 1. The highest BCUT2D eigenvalue weighted by atomic mass is 16.5. The van der Waals surface area contributed by atoms with Crippen LogP contribution in [0, 0.1) is 0 Å². The molecule has 0 N–H and O–H groups in total. The fraction of sp³-hybridized carbons (Fsp3) is 0.357. The molecular weight excluding hydrogens is 274 g/mol. The van der Waals surface area contributed by atoms with Gasteiger partial charge in [-0.3, -0.25) is 4.90 Å². The second-order valence-electron chi connectivity index (χ2n) is 5.45. The summed E-state index contributed by atoms with van der Waals surface area (Å²) < 4.78 is 11.1. The fourth-order valence-electron chi connectivity index (χ4n) is 2.16. The number of hydrogen-bond acceptors (Lipinski definition) is 5. The van der Waals surface area contributed by atoms with Gasteiger partial charge in [0.1, 0.15) is 6.73 Å². The second kappa shape index (κ2) is 4.85. The Morgan fingerprint density at radius 1 is 1.29 bits per heavy atom. The van der Waals surface area contributed by atoms with Crippen molar-refractivity contribution in [2.75, 3.05) is 13.3 Å². The summed E-state index contributed by atoms with van der Waals surface area (Å²) in [6, 6.07) is 8.40. The summed E-state index contributed by atoms with van der Waals surface area (Å²) in [5.41, 5.74) is 0.153. The van der Waals surface area contributed by atoms with Crippen molar-refractivity contribution in [3.63, 3.8) is 0 Å². The maximum absolute atomic E-state index is 12.4. The monoisotopic (exact) mass is 289 g/mol. The Labute approximate surface area is 120 Å². The molecule has 7 nitrogen and oxygen atoms in total. The first-order valence-electron chi connectivity index (χ1n) is 6.54. The minimum Gasteiger partial charge on any atom is -0.387 e. The molecular formula is C14H15N3O4. The largest absolute Gasteiger partial charge is 0.446 e. The van der Waals surface area contributed by atoms with Gasteiger partial charge in [-0.2, -0.15) is 0 Å². The molecule has 21 heavy (non-hydrogen) atoms. The van der Waals surface area contributed by atoms with Gasteiger partial charge in [0, 0.05) is 5.56 Å². The summed E-state index contributed by atoms with van der Waals surface area (Å²) >= 11 is 0. The smallest absolute Gasteiger partial charge is 0.387 e. The van der Waals surface area contributed by atoms with Crippen molar-refractivity contribution in [2.45, 2.75) is 19.4 Å². The van der Waals surface area contributed by atoms with Crippen LogP contribution in [-0.4, -0.2) is 39.6 Å². The molecule has 1 aromatic heterocycles. The van der Waals surface area contributed by atoms with Crippen LogP contribution in [-0.2, 0) is 4.74 Å². The van der Waals surface area contributed by atoms with Crippen LogP contribution < -0.4 is 5.76 Å². The number of nitrogens with zero attached hydrogens (tertiary/aromatic N) is 3. The summed E-state index contributed by atoms with van der Waals surface area (Å²) in [7, 11) is 0. The quantitative estimate of drug-likeness (QED) is 0.795. The Morgan fingerprint density at radius 2 is 2.00 bits per heavy atom. The van der Waals surface area contributed by atoms with E-state index in [1.165, 1.54) is 4.90 Å². The summed E-state index contributed by atoms with van der Waals surface area (Å²) in [5.74, 6) is -0.687. The summed E-state index contributed by atoms with van der Waals surface area (Å²) in [4.78, 5) is 25.7. The SMILES string of the molecule is CC1(C)COCN1C(=O)n1nc(-c2ccccc2)oc1=O. The maximum atomic E-state index is 12.4. The third-order valence-electron chi connectivity index (χ3n) is 3.39. The average Bonchev–Trinajstić information content (AvgIpc) is 3.02. The van der Waals surface area contributed by atoms with Crippen LogP contribution in [0.2, 0.25) is 0 Å². The van der Waals surface area contributed by atoms with Crippen molar-refractivity contribution in [1.29, 1.82) is 0 Å². The molecule has 0 bridgehead atoms. The predicted octanol–water partition coefficient (Wildman–Crippen LogP) is 1.54. The molecule has 1 aliphatic heterocycles. The summed E-state index contributed by atoms with van der Waals surface area (Å²) in [6.07, 6.45) is 0. The minimum absolute atomic E-state index is 0.117. The van der Waals surface area contributed by atoms with Gasteiger partial charge in [-0.05, 0) is 26.0 Å². The van der Waals surface area contributed by atoms with E-state index in [1.807, 2.05) is 19.9 Å². The second-order valence-corrected chi connectivity index (χ2v) is 5.45. The number of carbonyl (C=O) groups excluding carboxylic acids is 1. The highest BCUT2D eigenvalue weighted by Crippen LogP contribution is 2.22. The Morgan fingerprint density at radius 3 is 2.62 bits per heavy atom. The molecule has 0 spiro atoms. The van der Waals surface area contributed by atoms with Gasteiger partial charge in [-0.25, -0.2) is 9.59 Å². The molecule has 0 unspecified atom stereocenters. The van der Waals surface area contributed by atoms with Gasteiger partial charge < -0.3 is 9.15 Å². The molecule has 3 rings (SSSR count). The average molecular weight is 289 g/mol. The van der Waals surface area contributed by atoms with Crippen molar-refractivity contribution < 1.29 is 13.9 Å². The normalized spacial score (nSPS) is 17.1. The third kappa shape index (κ3) is 2.36. The Bertz CT molecular complexity index is 717. The molecule has 1 amide bonds. The minimum atomic E-state index is -0.804. The van der Waals surface area contributed by atoms with Crippen LogP contribution in [0.5, 0.6) is 0 Å². The first-order chi connectivity index (χ1) is 9.99. The van der Waals surface area contributed by atoms with E-state index in [-0.39, 0.29) is 12.6 Å². The lowest BCUT2D eigenvalue weighted by Crippen LogP contribution is -2.48. The fourth-order valence-corrected chi connectivity index (χ4v) is 2.16. The lowest BCUT2D eigenvalue weighted by atomic mass is 10.1. The molecule has 0 saturated carbocycles. The number of benzene rings is 1. The van der Waals surface area contributed by atoms with E-state index < -0.39 is 17.3 Å². The van der Waals surface area contributed by atoms with Gasteiger partial charge in [0.15, 0.2) is 0 Å². The predicted molar refractivity (Wildman–Crippen MR) is 73.7 cm³/mol. The number of amides is 1. The number of ether oxygens (including phenoxy) is 1. The molecule has 7 heteroatoms. The highest BCUT2D eigenvalue weighted by molar-refractivity contribution is 5.77. The van der Waals surface area contributed by atoms with Gasteiger partial charge in [-0.15, -0.1) is 9.78 Å². The van der Waals surface area contributed by atoms with E-state index in [9.17, 15) is 9.59 Å². The highest BCUT2D eigenvalue weighted by Gasteiger charge is 2.38. The molecule has 2 aromatic rings. The van der Waals surface area contributed by atoms with Crippen LogP contribution in [0.4, 0.5) is 4.79 Å². The van der Waals surface area contributed by atoms with Gasteiger partial charge in [0.2, 0.25) is 5.89 Å². The molecule has 1 aromatic carbocycles. The van der Waals surface area contributed by atoms with E-state index in [2.05, 4.69) is 5.10 Å². The van der Waals surface area contributed by atoms with Crippen LogP contribution >= 0.6 is 0 Å². The Balaban J connectivity index is 1.95. The van der Waals surface area contributed by atoms with E-state index >= 15 is 0 Å². The zero-order valence-electron chi connectivity index (χ0n) is 11.8. The van der Waals surface area contributed by atoms with E-state index in [0.717, 1.165) is 4.68 Å².